The van der Waals surface area contributed by atoms with E-state index in [9.17, 15) is 0 Å². The minimum Gasteiger partial charge on any atom is -0.322 e. The first-order valence-corrected chi connectivity index (χ1v) is 6.23. The van der Waals surface area contributed by atoms with E-state index in [4.69, 9.17) is 11.6 Å². The first-order chi connectivity index (χ1) is 6.50. The van der Waals surface area contributed by atoms with Crippen molar-refractivity contribution in [2.45, 2.75) is 19.8 Å². The van der Waals surface area contributed by atoms with Gasteiger partial charge in [0.25, 0.3) is 0 Å². The van der Waals surface area contributed by atoms with E-state index < -0.39 is 0 Å². The van der Waals surface area contributed by atoms with Gasteiger partial charge in [0, 0.05) is 18.3 Å². The second kappa shape index (κ2) is 3.24. The molecular weight excluding hydrogens is 263 g/mol. The maximum Gasteiger partial charge on any atom is 0.128 e. The van der Waals surface area contributed by atoms with Crippen LogP contribution in [0.2, 0.25) is 5.15 Å². The van der Waals surface area contributed by atoms with E-state index in [1.807, 2.05) is 11.6 Å². The molecular formula is C10H14BrClN2. The van der Waals surface area contributed by atoms with Crippen molar-refractivity contribution in [3.8, 4) is 0 Å². The largest absolute Gasteiger partial charge is 0.322 e. The Morgan fingerprint density at radius 2 is 2.29 bits per heavy atom. The van der Waals surface area contributed by atoms with Crippen molar-refractivity contribution >= 4 is 27.5 Å². The van der Waals surface area contributed by atoms with Crippen LogP contribution in [0.25, 0.3) is 0 Å². The Balaban J connectivity index is 2.31. The molecule has 0 N–H and O–H groups in total. The van der Waals surface area contributed by atoms with Gasteiger partial charge in [-0.25, -0.2) is 4.98 Å². The number of rotatable bonds is 2. The summed E-state index contributed by atoms with van der Waals surface area (Å²) in [6, 6.07) is 0. The summed E-state index contributed by atoms with van der Waals surface area (Å²) < 4.78 is 1.98. The van der Waals surface area contributed by atoms with Crippen LogP contribution in [-0.2, 0) is 7.05 Å². The quantitative estimate of drug-likeness (QED) is 0.759. The molecule has 1 aliphatic carbocycles. The van der Waals surface area contributed by atoms with Gasteiger partial charge in [0.1, 0.15) is 11.0 Å². The molecule has 2 nitrogen and oxygen atoms in total. The molecule has 0 radical (unpaired) electrons. The van der Waals surface area contributed by atoms with Crippen molar-refractivity contribution < 1.29 is 0 Å². The summed E-state index contributed by atoms with van der Waals surface area (Å²) in [6.45, 7) is 4.57. The van der Waals surface area contributed by atoms with Crippen molar-refractivity contribution in [1.29, 1.82) is 0 Å². The lowest BCUT2D eigenvalue weighted by Crippen LogP contribution is -1.99. The van der Waals surface area contributed by atoms with Crippen molar-refractivity contribution in [2.75, 3.05) is 5.33 Å². The van der Waals surface area contributed by atoms with Crippen LogP contribution >= 0.6 is 27.5 Å². The Kier molecular flexibility index (Phi) is 2.43. The molecule has 2 rings (SSSR count). The first kappa shape index (κ1) is 10.5. The predicted octanol–water partition coefficient (Wildman–Crippen LogP) is 3.21. The number of halogens is 2. The molecule has 0 spiro atoms. The number of aromatic nitrogens is 2. The molecule has 0 saturated heterocycles. The van der Waals surface area contributed by atoms with E-state index in [-0.39, 0.29) is 0 Å². The third-order valence-electron chi connectivity index (χ3n) is 3.46. The lowest BCUT2D eigenvalue weighted by atomic mass is 10.1. The highest BCUT2D eigenvalue weighted by Crippen LogP contribution is 2.64. The molecule has 0 bridgehead atoms. The van der Waals surface area contributed by atoms with Crippen molar-refractivity contribution in [3.05, 3.63) is 17.2 Å². The highest BCUT2D eigenvalue weighted by Gasteiger charge is 2.59. The molecule has 1 aromatic rings. The molecule has 0 aliphatic heterocycles. The first-order valence-electron chi connectivity index (χ1n) is 4.73. The number of hydrogen-bond acceptors (Lipinski definition) is 1. The highest BCUT2D eigenvalue weighted by molar-refractivity contribution is 9.09. The molecule has 1 fully saturated rings. The van der Waals surface area contributed by atoms with E-state index in [1.54, 1.807) is 6.20 Å². The van der Waals surface area contributed by atoms with Crippen LogP contribution in [0.1, 0.15) is 25.6 Å². The number of nitrogens with zero attached hydrogens (tertiary/aromatic N) is 2. The zero-order valence-electron chi connectivity index (χ0n) is 8.59. The topological polar surface area (TPSA) is 17.8 Å². The molecule has 1 aromatic heterocycles. The Hall–Kier alpha value is -0.0200. The van der Waals surface area contributed by atoms with Crippen LogP contribution in [0.4, 0.5) is 0 Å². The Bertz CT molecular complexity index is 359. The van der Waals surface area contributed by atoms with Gasteiger partial charge in [-0.15, -0.1) is 0 Å². The standard InChI is InChI=1S/C10H14BrClN2/c1-10(2)6(4-11)8(10)9-13-5-7(12)14(9)3/h5-6,8H,4H2,1-3H3. The van der Waals surface area contributed by atoms with Gasteiger partial charge >= 0.3 is 0 Å². The molecule has 1 saturated carbocycles. The van der Waals surface area contributed by atoms with Crippen molar-refractivity contribution in [1.82, 2.24) is 9.55 Å². The molecule has 1 heterocycles. The second-order valence-corrected chi connectivity index (χ2v) is 5.59. The summed E-state index contributed by atoms with van der Waals surface area (Å²) in [5.41, 5.74) is 0.353. The fourth-order valence-electron chi connectivity index (χ4n) is 2.24. The van der Waals surface area contributed by atoms with Gasteiger partial charge in [-0.3, -0.25) is 0 Å². The summed E-state index contributed by atoms with van der Waals surface area (Å²) in [5, 5.41) is 1.76. The second-order valence-electron chi connectivity index (χ2n) is 4.56. The molecule has 78 valence electrons. The SMILES string of the molecule is Cn1c(Cl)cnc1C1C(CBr)C1(C)C. The molecule has 14 heavy (non-hydrogen) atoms. The fraction of sp³-hybridized carbons (Fsp3) is 0.700. The monoisotopic (exact) mass is 276 g/mol. The molecule has 4 heteroatoms. The lowest BCUT2D eigenvalue weighted by molar-refractivity contribution is 0.569. The van der Waals surface area contributed by atoms with Gasteiger partial charge in [0.15, 0.2) is 0 Å². The third-order valence-corrected chi connectivity index (χ3v) is 4.51. The van der Waals surface area contributed by atoms with Gasteiger partial charge in [-0.2, -0.15) is 0 Å². The Morgan fingerprint density at radius 1 is 1.64 bits per heavy atom. The van der Waals surface area contributed by atoms with Crippen LogP contribution in [0.15, 0.2) is 6.20 Å². The fourth-order valence-corrected chi connectivity index (χ4v) is 3.58. The van der Waals surface area contributed by atoms with Gasteiger partial charge in [-0.05, 0) is 11.3 Å². The van der Waals surface area contributed by atoms with E-state index >= 15 is 0 Å². The van der Waals surface area contributed by atoms with Crippen LogP contribution in [0, 0.1) is 11.3 Å². The Labute approximate surface area is 97.8 Å². The van der Waals surface area contributed by atoms with Crippen molar-refractivity contribution in [3.63, 3.8) is 0 Å². The van der Waals surface area contributed by atoms with E-state index in [0.717, 1.165) is 16.3 Å². The van der Waals surface area contributed by atoms with E-state index in [0.29, 0.717) is 17.3 Å². The van der Waals surface area contributed by atoms with Gasteiger partial charge in [0.05, 0.1) is 6.20 Å². The average Bonchev–Trinajstić information content (AvgIpc) is 2.52. The molecule has 0 aromatic carbocycles. The summed E-state index contributed by atoms with van der Waals surface area (Å²) in [6.07, 6.45) is 1.73. The zero-order valence-corrected chi connectivity index (χ0v) is 10.9. The van der Waals surface area contributed by atoms with Gasteiger partial charge in [-0.1, -0.05) is 41.4 Å². The normalized spacial score (nSPS) is 29.2. The molecule has 1 aliphatic rings. The van der Waals surface area contributed by atoms with Crippen molar-refractivity contribution in [2.24, 2.45) is 18.4 Å². The number of alkyl halides is 1. The summed E-state index contributed by atoms with van der Waals surface area (Å²) in [5.74, 6) is 2.34. The number of hydrogen-bond donors (Lipinski definition) is 0. The summed E-state index contributed by atoms with van der Waals surface area (Å²) in [4.78, 5) is 4.38. The highest BCUT2D eigenvalue weighted by atomic mass is 79.9. The third kappa shape index (κ3) is 1.33. The molecule has 2 atom stereocenters. The van der Waals surface area contributed by atoms with Gasteiger partial charge < -0.3 is 4.57 Å². The average molecular weight is 278 g/mol. The van der Waals surface area contributed by atoms with Crippen LogP contribution in [-0.4, -0.2) is 14.9 Å². The number of imidazole rings is 1. The minimum atomic E-state index is 0.353. The maximum absolute atomic E-state index is 5.97. The zero-order chi connectivity index (χ0) is 10.5. The van der Waals surface area contributed by atoms with Crippen LogP contribution < -0.4 is 0 Å². The van der Waals surface area contributed by atoms with Gasteiger partial charge in [0.2, 0.25) is 0 Å². The maximum atomic E-state index is 5.97. The smallest absolute Gasteiger partial charge is 0.128 e. The Morgan fingerprint density at radius 3 is 2.64 bits per heavy atom. The van der Waals surface area contributed by atoms with E-state index in [2.05, 4.69) is 34.8 Å². The van der Waals surface area contributed by atoms with Crippen LogP contribution in [0.5, 0.6) is 0 Å². The lowest BCUT2D eigenvalue weighted by Gasteiger charge is -2.03. The minimum absolute atomic E-state index is 0.353. The van der Waals surface area contributed by atoms with Crippen LogP contribution in [0.3, 0.4) is 0 Å². The predicted molar refractivity (Wildman–Crippen MR) is 62.0 cm³/mol. The summed E-state index contributed by atoms with van der Waals surface area (Å²) in [7, 11) is 1.98. The molecule has 0 amide bonds. The van der Waals surface area contributed by atoms with E-state index in [1.165, 1.54) is 0 Å². The molecule has 2 unspecified atom stereocenters. The summed E-state index contributed by atoms with van der Waals surface area (Å²) >= 11 is 9.52.